The molecular weight excluding hydrogens is 330 g/mol. The minimum Gasteiger partial charge on any atom is -0.352 e. The SMILES string of the molecule is Cc1cc(S[C@H](C)C(=O)N[C@H](C)[C@H]2C[C@H]3CC[C@H]2C3)nc(C(C)C)n1. The van der Waals surface area contributed by atoms with Gasteiger partial charge in [0.1, 0.15) is 10.9 Å². The number of amides is 1. The Labute approximate surface area is 156 Å². The molecule has 2 saturated carbocycles. The highest BCUT2D eigenvalue weighted by molar-refractivity contribution is 8.00. The average Bonchev–Trinajstić information content (AvgIpc) is 3.17. The second-order valence-corrected chi connectivity index (χ2v) is 9.62. The molecule has 1 aromatic heterocycles. The van der Waals surface area contributed by atoms with Gasteiger partial charge in [-0.15, -0.1) is 0 Å². The third kappa shape index (κ3) is 4.36. The molecule has 2 fully saturated rings. The second-order valence-electron chi connectivity index (χ2n) is 8.26. The lowest BCUT2D eigenvalue weighted by atomic mass is 9.84. The van der Waals surface area contributed by atoms with Crippen molar-refractivity contribution in [3.05, 3.63) is 17.6 Å². The zero-order chi connectivity index (χ0) is 18.1. The fourth-order valence-electron chi connectivity index (χ4n) is 4.47. The molecule has 25 heavy (non-hydrogen) atoms. The van der Waals surface area contributed by atoms with E-state index in [0.29, 0.717) is 11.8 Å². The van der Waals surface area contributed by atoms with Crippen LogP contribution in [0.4, 0.5) is 0 Å². The van der Waals surface area contributed by atoms with Crippen LogP contribution in [0.1, 0.15) is 70.8 Å². The second kappa shape index (κ2) is 7.65. The quantitative estimate of drug-likeness (QED) is 0.605. The summed E-state index contributed by atoms with van der Waals surface area (Å²) in [6.07, 6.45) is 5.45. The summed E-state index contributed by atoms with van der Waals surface area (Å²) >= 11 is 1.53. The molecule has 1 N–H and O–H groups in total. The first-order valence-corrected chi connectivity index (χ1v) is 10.5. The highest BCUT2D eigenvalue weighted by Crippen LogP contribution is 2.49. The number of nitrogens with zero attached hydrogens (tertiary/aromatic N) is 2. The van der Waals surface area contributed by atoms with Crippen molar-refractivity contribution in [3.63, 3.8) is 0 Å². The van der Waals surface area contributed by atoms with Crippen molar-refractivity contribution in [2.75, 3.05) is 0 Å². The van der Waals surface area contributed by atoms with Crippen LogP contribution in [0.5, 0.6) is 0 Å². The van der Waals surface area contributed by atoms with E-state index in [1.807, 2.05) is 19.9 Å². The molecule has 0 aromatic carbocycles. The Kier molecular flexibility index (Phi) is 5.71. The number of carbonyl (C=O) groups is 1. The molecule has 1 aromatic rings. The lowest BCUT2D eigenvalue weighted by Crippen LogP contribution is -2.43. The molecule has 4 nitrogen and oxygen atoms in total. The molecule has 2 aliphatic rings. The number of hydrogen-bond donors (Lipinski definition) is 1. The van der Waals surface area contributed by atoms with Crippen molar-refractivity contribution >= 4 is 17.7 Å². The van der Waals surface area contributed by atoms with Gasteiger partial charge in [-0.05, 0) is 63.9 Å². The van der Waals surface area contributed by atoms with Gasteiger partial charge in [0.05, 0.1) is 5.25 Å². The Morgan fingerprint density at radius 2 is 1.96 bits per heavy atom. The van der Waals surface area contributed by atoms with Crippen molar-refractivity contribution in [1.82, 2.24) is 15.3 Å². The maximum Gasteiger partial charge on any atom is 0.233 e. The molecule has 1 heterocycles. The molecule has 138 valence electrons. The summed E-state index contributed by atoms with van der Waals surface area (Å²) in [7, 11) is 0. The summed E-state index contributed by atoms with van der Waals surface area (Å²) in [5.74, 6) is 3.70. The van der Waals surface area contributed by atoms with Gasteiger partial charge in [-0.25, -0.2) is 9.97 Å². The number of aromatic nitrogens is 2. The lowest BCUT2D eigenvalue weighted by molar-refractivity contribution is -0.121. The molecule has 0 radical (unpaired) electrons. The van der Waals surface area contributed by atoms with E-state index in [0.717, 1.165) is 28.4 Å². The fraction of sp³-hybridized carbons (Fsp3) is 0.750. The summed E-state index contributed by atoms with van der Waals surface area (Å²) in [4.78, 5) is 21.7. The molecule has 3 rings (SSSR count). The first kappa shape index (κ1) is 18.7. The summed E-state index contributed by atoms with van der Waals surface area (Å²) in [6.45, 7) is 10.3. The van der Waals surface area contributed by atoms with Crippen molar-refractivity contribution in [1.29, 1.82) is 0 Å². The van der Waals surface area contributed by atoms with E-state index in [-0.39, 0.29) is 17.2 Å². The van der Waals surface area contributed by atoms with Crippen molar-refractivity contribution in [3.8, 4) is 0 Å². The highest BCUT2D eigenvalue weighted by atomic mass is 32.2. The molecule has 5 atom stereocenters. The highest BCUT2D eigenvalue weighted by Gasteiger charge is 2.42. The number of hydrogen-bond acceptors (Lipinski definition) is 4. The summed E-state index contributed by atoms with van der Waals surface area (Å²) < 4.78 is 0. The standard InChI is InChI=1S/C20H31N3OS/c1-11(2)19-21-12(3)8-18(23-19)25-14(5)20(24)22-13(4)17-10-15-6-7-16(17)9-15/h8,11,13-17H,6-7,9-10H2,1-5H3,(H,22,24)/t13-,14-,15+,16+,17-/m1/s1. The first-order valence-electron chi connectivity index (χ1n) is 9.66. The maximum absolute atomic E-state index is 12.6. The Hall–Kier alpha value is -1.10. The van der Waals surface area contributed by atoms with E-state index in [9.17, 15) is 4.79 Å². The number of nitrogens with one attached hydrogen (secondary N) is 1. The number of thioether (sulfide) groups is 1. The predicted octanol–water partition coefficient (Wildman–Crippen LogP) is 4.33. The van der Waals surface area contributed by atoms with Gasteiger partial charge in [0, 0.05) is 17.7 Å². The largest absolute Gasteiger partial charge is 0.352 e. The number of fused-ring (bicyclic) bond motifs is 2. The Balaban J connectivity index is 1.57. The zero-order valence-electron chi connectivity index (χ0n) is 16.1. The Bertz CT molecular complexity index is 633. The molecular formula is C20H31N3OS. The third-order valence-electron chi connectivity index (χ3n) is 5.84. The maximum atomic E-state index is 12.6. The molecule has 0 spiro atoms. The smallest absolute Gasteiger partial charge is 0.233 e. The number of carbonyl (C=O) groups excluding carboxylic acids is 1. The summed E-state index contributed by atoms with van der Waals surface area (Å²) in [5.41, 5.74) is 0.962. The number of rotatable bonds is 6. The fourth-order valence-corrected chi connectivity index (χ4v) is 5.39. The van der Waals surface area contributed by atoms with Gasteiger partial charge < -0.3 is 5.32 Å². The summed E-state index contributed by atoms with van der Waals surface area (Å²) in [5, 5.41) is 4.03. The van der Waals surface area contributed by atoms with E-state index in [1.54, 1.807) is 0 Å². The van der Waals surface area contributed by atoms with Gasteiger partial charge in [0.2, 0.25) is 5.91 Å². The minimum absolute atomic E-state index is 0.127. The van der Waals surface area contributed by atoms with Gasteiger partial charge in [-0.2, -0.15) is 0 Å². The Morgan fingerprint density at radius 3 is 2.56 bits per heavy atom. The van der Waals surface area contributed by atoms with Crippen molar-refractivity contribution in [2.45, 2.75) is 82.5 Å². The van der Waals surface area contributed by atoms with E-state index in [1.165, 1.54) is 37.4 Å². The van der Waals surface area contributed by atoms with Gasteiger partial charge >= 0.3 is 0 Å². The van der Waals surface area contributed by atoms with Crippen LogP contribution < -0.4 is 5.32 Å². The molecule has 1 amide bonds. The summed E-state index contributed by atoms with van der Waals surface area (Å²) in [6, 6.07) is 2.25. The zero-order valence-corrected chi connectivity index (χ0v) is 16.9. The van der Waals surface area contributed by atoms with E-state index in [2.05, 4.69) is 36.1 Å². The van der Waals surface area contributed by atoms with Gasteiger partial charge in [0.25, 0.3) is 0 Å². The molecule has 0 saturated heterocycles. The van der Waals surface area contributed by atoms with Crippen molar-refractivity contribution < 1.29 is 4.79 Å². The van der Waals surface area contributed by atoms with Gasteiger partial charge in [0.15, 0.2) is 0 Å². The van der Waals surface area contributed by atoms with Crippen LogP contribution in [0.25, 0.3) is 0 Å². The normalized spacial score (nSPS) is 27.5. The van der Waals surface area contributed by atoms with Gasteiger partial charge in [-0.3, -0.25) is 4.79 Å². The van der Waals surface area contributed by atoms with Crippen molar-refractivity contribution in [2.24, 2.45) is 17.8 Å². The van der Waals surface area contributed by atoms with Crippen LogP contribution in [0, 0.1) is 24.7 Å². The molecule has 0 unspecified atom stereocenters. The van der Waals surface area contributed by atoms with E-state index >= 15 is 0 Å². The van der Waals surface area contributed by atoms with Crippen LogP contribution in [0.2, 0.25) is 0 Å². The minimum atomic E-state index is -0.143. The molecule has 2 aliphatic carbocycles. The van der Waals surface area contributed by atoms with Crippen LogP contribution in [0.15, 0.2) is 11.1 Å². The molecule has 0 aliphatic heterocycles. The Morgan fingerprint density at radius 1 is 1.20 bits per heavy atom. The van der Waals surface area contributed by atoms with E-state index < -0.39 is 0 Å². The van der Waals surface area contributed by atoms with E-state index in [4.69, 9.17) is 0 Å². The van der Waals surface area contributed by atoms with Crippen LogP contribution in [0.3, 0.4) is 0 Å². The van der Waals surface area contributed by atoms with Gasteiger partial charge in [-0.1, -0.05) is 32.0 Å². The predicted molar refractivity (Wildman–Crippen MR) is 103 cm³/mol. The third-order valence-corrected chi connectivity index (χ3v) is 6.85. The van der Waals surface area contributed by atoms with Crippen LogP contribution in [-0.2, 0) is 4.79 Å². The van der Waals surface area contributed by atoms with Crippen LogP contribution >= 0.6 is 11.8 Å². The average molecular weight is 362 g/mol. The topological polar surface area (TPSA) is 54.9 Å². The number of aryl methyl sites for hydroxylation is 1. The van der Waals surface area contributed by atoms with Crippen LogP contribution in [-0.4, -0.2) is 27.2 Å². The monoisotopic (exact) mass is 361 g/mol. The molecule has 2 bridgehead atoms. The lowest BCUT2D eigenvalue weighted by Gasteiger charge is -2.29. The first-order chi connectivity index (χ1) is 11.8. The molecule has 5 heteroatoms.